The highest BCUT2D eigenvalue weighted by molar-refractivity contribution is 6.02. The molecule has 6 heteroatoms. The highest BCUT2D eigenvalue weighted by Crippen LogP contribution is 2.14. The van der Waals surface area contributed by atoms with Crippen molar-refractivity contribution in [1.29, 1.82) is 0 Å². The summed E-state index contributed by atoms with van der Waals surface area (Å²) in [4.78, 5) is 34.4. The van der Waals surface area contributed by atoms with Crippen molar-refractivity contribution in [3.63, 3.8) is 0 Å². The maximum Gasteiger partial charge on any atom is 0.330 e. The number of rotatable bonds is 7. The fourth-order valence-corrected chi connectivity index (χ4v) is 1.74. The molecular weight excluding hydrogens is 296 g/mol. The minimum absolute atomic E-state index is 0.0471. The normalized spacial score (nSPS) is 10.6. The predicted octanol–water partition coefficient (Wildman–Crippen LogP) is 2.73. The quantitative estimate of drug-likeness (QED) is 0.598. The van der Waals surface area contributed by atoms with E-state index in [-0.39, 0.29) is 12.5 Å². The summed E-state index contributed by atoms with van der Waals surface area (Å²) in [6.45, 7) is 5.89. The SMILES string of the molecule is CCOC(=O)/C=C/C(=O)Nc1ccc(NC(=O)CC(C)C)cc1. The van der Waals surface area contributed by atoms with Crippen LogP contribution in [0.5, 0.6) is 0 Å². The molecule has 0 saturated carbocycles. The minimum atomic E-state index is -0.564. The Kier molecular flexibility index (Phi) is 7.53. The first kappa shape index (κ1) is 18.4. The second-order valence-electron chi connectivity index (χ2n) is 5.30. The van der Waals surface area contributed by atoms with Gasteiger partial charge in [-0.2, -0.15) is 0 Å². The maximum absolute atomic E-state index is 11.7. The largest absolute Gasteiger partial charge is 0.463 e. The van der Waals surface area contributed by atoms with Gasteiger partial charge in [-0.15, -0.1) is 0 Å². The Hall–Kier alpha value is -2.63. The van der Waals surface area contributed by atoms with Crippen molar-refractivity contribution < 1.29 is 19.1 Å². The molecule has 0 aliphatic rings. The zero-order valence-corrected chi connectivity index (χ0v) is 13.6. The Balaban J connectivity index is 2.52. The third-order valence-electron chi connectivity index (χ3n) is 2.69. The number of amides is 2. The summed E-state index contributed by atoms with van der Waals surface area (Å²) in [6.07, 6.45) is 2.63. The number of ether oxygens (including phenoxy) is 1. The molecule has 124 valence electrons. The van der Waals surface area contributed by atoms with E-state index in [4.69, 9.17) is 0 Å². The van der Waals surface area contributed by atoms with E-state index < -0.39 is 11.9 Å². The molecule has 0 spiro atoms. The zero-order valence-electron chi connectivity index (χ0n) is 13.6. The molecule has 6 nitrogen and oxygen atoms in total. The number of esters is 1. The van der Waals surface area contributed by atoms with Crippen molar-refractivity contribution in [3.05, 3.63) is 36.4 Å². The van der Waals surface area contributed by atoms with E-state index in [1.165, 1.54) is 0 Å². The molecule has 0 aliphatic carbocycles. The van der Waals surface area contributed by atoms with Crippen LogP contribution in [0.25, 0.3) is 0 Å². The number of hydrogen-bond acceptors (Lipinski definition) is 4. The van der Waals surface area contributed by atoms with Crippen LogP contribution in [-0.2, 0) is 19.1 Å². The number of anilines is 2. The summed E-state index contributed by atoms with van der Waals surface area (Å²) in [6, 6.07) is 6.73. The van der Waals surface area contributed by atoms with Gasteiger partial charge < -0.3 is 15.4 Å². The van der Waals surface area contributed by atoms with Crippen LogP contribution in [0.4, 0.5) is 11.4 Å². The molecule has 1 aromatic carbocycles. The van der Waals surface area contributed by atoms with Crippen molar-refractivity contribution in [2.45, 2.75) is 27.2 Å². The van der Waals surface area contributed by atoms with Gasteiger partial charge in [0.1, 0.15) is 0 Å². The van der Waals surface area contributed by atoms with Crippen LogP contribution < -0.4 is 10.6 Å². The number of hydrogen-bond donors (Lipinski definition) is 2. The van der Waals surface area contributed by atoms with Gasteiger partial charge in [0.2, 0.25) is 11.8 Å². The van der Waals surface area contributed by atoms with Gasteiger partial charge in [0.25, 0.3) is 0 Å². The van der Waals surface area contributed by atoms with Gasteiger partial charge in [-0.3, -0.25) is 9.59 Å². The summed E-state index contributed by atoms with van der Waals surface area (Å²) in [5.74, 6) is -0.755. The van der Waals surface area contributed by atoms with E-state index in [1.807, 2.05) is 13.8 Å². The van der Waals surface area contributed by atoms with E-state index in [1.54, 1.807) is 31.2 Å². The van der Waals surface area contributed by atoms with Crippen molar-refractivity contribution >= 4 is 29.2 Å². The Labute approximate surface area is 135 Å². The fraction of sp³-hybridized carbons (Fsp3) is 0.353. The average molecular weight is 318 g/mol. The third kappa shape index (κ3) is 7.80. The molecule has 0 aromatic heterocycles. The van der Waals surface area contributed by atoms with Crippen LogP contribution in [0.15, 0.2) is 36.4 Å². The van der Waals surface area contributed by atoms with Crippen LogP contribution >= 0.6 is 0 Å². The molecule has 1 aromatic rings. The lowest BCUT2D eigenvalue weighted by molar-refractivity contribution is -0.137. The predicted molar refractivity (Wildman–Crippen MR) is 88.9 cm³/mol. The lowest BCUT2D eigenvalue weighted by Gasteiger charge is -2.08. The Morgan fingerprint density at radius 1 is 1.04 bits per heavy atom. The molecule has 23 heavy (non-hydrogen) atoms. The topological polar surface area (TPSA) is 84.5 Å². The molecule has 2 amide bonds. The average Bonchev–Trinajstić information content (AvgIpc) is 2.47. The molecule has 0 radical (unpaired) electrons. The first-order valence-corrected chi connectivity index (χ1v) is 7.46. The van der Waals surface area contributed by atoms with E-state index >= 15 is 0 Å². The van der Waals surface area contributed by atoms with Gasteiger partial charge >= 0.3 is 5.97 Å². The highest BCUT2D eigenvalue weighted by atomic mass is 16.5. The van der Waals surface area contributed by atoms with Gasteiger partial charge in [0, 0.05) is 29.9 Å². The summed E-state index contributed by atoms with van der Waals surface area (Å²) < 4.78 is 4.68. The van der Waals surface area contributed by atoms with Gasteiger partial charge in [-0.05, 0) is 37.1 Å². The molecule has 2 N–H and O–H groups in total. The maximum atomic E-state index is 11.7. The molecule has 0 bridgehead atoms. The Morgan fingerprint density at radius 2 is 1.61 bits per heavy atom. The number of nitrogens with one attached hydrogen (secondary N) is 2. The molecule has 0 fully saturated rings. The van der Waals surface area contributed by atoms with Crippen molar-refractivity contribution in [1.82, 2.24) is 0 Å². The van der Waals surface area contributed by atoms with Crippen LogP contribution in [0.1, 0.15) is 27.2 Å². The van der Waals surface area contributed by atoms with Crippen molar-refractivity contribution in [3.8, 4) is 0 Å². The highest BCUT2D eigenvalue weighted by Gasteiger charge is 2.05. The molecule has 0 atom stereocenters. The smallest absolute Gasteiger partial charge is 0.330 e. The van der Waals surface area contributed by atoms with Gasteiger partial charge in [-0.25, -0.2) is 4.79 Å². The summed E-state index contributed by atoms with van der Waals surface area (Å²) in [7, 11) is 0. The van der Waals surface area contributed by atoms with Crippen molar-refractivity contribution in [2.75, 3.05) is 17.2 Å². The molecule has 0 aliphatic heterocycles. The van der Waals surface area contributed by atoms with Gasteiger partial charge in [0.15, 0.2) is 0 Å². The van der Waals surface area contributed by atoms with Crippen LogP contribution in [-0.4, -0.2) is 24.4 Å². The first-order valence-electron chi connectivity index (χ1n) is 7.46. The zero-order chi connectivity index (χ0) is 17.2. The van der Waals surface area contributed by atoms with Crippen molar-refractivity contribution in [2.24, 2.45) is 5.92 Å². The fourth-order valence-electron chi connectivity index (χ4n) is 1.74. The summed E-state index contributed by atoms with van der Waals surface area (Å²) >= 11 is 0. The third-order valence-corrected chi connectivity index (χ3v) is 2.69. The van der Waals surface area contributed by atoms with E-state index in [2.05, 4.69) is 15.4 Å². The number of carbonyl (C=O) groups excluding carboxylic acids is 3. The molecular formula is C17H22N2O4. The molecule has 0 heterocycles. The standard InChI is InChI=1S/C17H22N2O4/c1-4-23-17(22)10-9-15(20)18-13-5-7-14(8-6-13)19-16(21)11-12(2)3/h5-10,12H,4,11H2,1-3H3,(H,18,20)(H,19,21)/b10-9+. The lowest BCUT2D eigenvalue weighted by atomic mass is 10.1. The van der Waals surface area contributed by atoms with Crippen LogP contribution in [0.2, 0.25) is 0 Å². The first-order chi connectivity index (χ1) is 10.9. The van der Waals surface area contributed by atoms with Crippen LogP contribution in [0, 0.1) is 5.92 Å². The Bertz CT molecular complexity index is 577. The van der Waals surface area contributed by atoms with E-state index in [0.717, 1.165) is 12.2 Å². The number of benzene rings is 1. The minimum Gasteiger partial charge on any atom is -0.463 e. The molecule has 0 unspecified atom stereocenters. The van der Waals surface area contributed by atoms with Crippen LogP contribution in [0.3, 0.4) is 0 Å². The van der Waals surface area contributed by atoms with Gasteiger partial charge in [0.05, 0.1) is 6.61 Å². The molecule has 1 rings (SSSR count). The lowest BCUT2D eigenvalue weighted by Crippen LogP contribution is -2.14. The monoisotopic (exact) mass is 318 g/mol. The summed E-state index contributed by atoms with van der Waals surface area (Å²) in [5.41, 5.74) is 1.22. The van der Waals surface area contributed by atoms with E-state index in [0.29, 0.717) is 23.7 Å². The molecule has 0 saturated heterocycles. The second-order valence-corrected chi connectivity index (χ2v) is 5.30. The second kappa shape index (κ2) is 9.40. The number of carbonyl (C=O) groups is 3. The van der Waals surface area contributed by atoms with Gasteiger partial charge in [-0.1, -0.05) is 13.8 Å². The Morgan fingerprint density at radius 3 is 2.13 bits per heavy atom. The van der Waals surface area contributed by atoms with E-state index in [9.17, 15) is 14.4 Å². The summed E-state index contributed by atoms with van der Waals surface area (Å²) in [5, 5.41) is 5.39.